The van der Waals surface area contributed by atoms with Gasteiger partial charge in [-0.25, -0.2) is 9.97 Å². The van der Waals surface area contributed by atoms with Crippen molar-refractivity contribution in [1.82, 2.24) is 9.97 Å². The second-order valence-corrected chi connectivity index (χ2v) is 5.69. The van der Waals surface area contributed by atoms with Crippen LogP contribution in [0.15, 0.2) is 28.7 Å². The van der Waals surface area contributed by atoms with Gasteiger partial charge in [-0.2, -0.15) is 0 Å². The summed E-state index contributed by atoms with van der Waals surface area (Å²) in [5, 5.41) is 3.10. The van der Waals surface area contributed by atoms with Crippen LogP contribution in [0.4, 0.5) is 5.82 Å². The molecule has 0 saturated heterocycles. The lowest BCUT2D eigenvalue weighted by atomic mass is 9.96. The first-order chi connectivity index (χ1) is 9.69. The van der Waals surface area contributed by atoms with E-state index in [2.05, 4.69) is 37.3 Å². The van der Waals surface area contributed by atoms with E-state index in [1.165, 1.54) is 5.56 Å². The molecule has 0 radical (unpaired) electrons. The maximum Gasteiger partial charge on any atom is 0.144 e. The SMILES string of the molecule is CNc1nc(C2COc3ccccc3C2)nc(C)c1Br. The number of aromatic nitrogens is 2. The number of nitrogens with zero attached hydrogens (tertiary/aromatic N) is 2. The fourth-order valence-corrected chi connectivity index (χ4v) is 2.80. The summed E-state index contributed by atoms with van der Waals surface area (Å²) in [6.45, 7) is 2.61. The minimum atomic E-state index is 0.198. The van der Waals surface area contributed by atoms with E-state index in [1.807, 2.05) is 32.2 Å². The van der Waals surface area contributed by atoms with Gasteiger partial charge < -0.3 is 10.1 Å². The van der Waals surface area contributed by atoms with Crippen LogP contribution < -0.4 is 10.1 Å². The molecule has 4 nitrogen and oxygen atoms in total. The van der Waals surface area contributed by atoms with Crippen molar-refractivity contribution in [1.29, 1.82) is 0 Å². The molecule has 0 fully saturated rings. The first-order valence-corrected chi connectivity index (χ1v) is 7.41. The fraction of sp³-hybridized carbons (Fsp3) is 0.333. The third-order valence-electron chi connectivity index (χ3n) is 3.52. The van der Waals surface area contributed by atoms with Crippen LogP contribution in [-0.2, 0) is 6.42 Å². The number of halogens is 1. The van der Waals surface area contributed by atoms with Crippen molar-refractivity contribution in [2.45, 2.75) is 19.3 Å². The molecule has 20 heavy (non-hydrogen) atoms. The van der Waals surface area contributed by atoms with E-state index in [0.29, 0.717) is 6.61 Å². The summed E-state index contributed by atoms with van der Waals surface area (Å²) in [7, 11) is 1.86. The summed E-state index contributed by atoms with van der Waals surface area (Å²) in [4.78, 5) is 9.20. The third kappa shape index (κ3) is 2.38. The molecule has 0 saturated carbocycles. The molecular weight excluding hydrogens is 318 g/mol. The van der Waals surface area contributed by atoms with Crippen molar-refractivity contribution < 1.29 is 4.74 Å². The van der Waals surface area contributed by atoms with Gasteiger partial charge in [-0.3, -0.25) is 0 Å². The summed E-state index contributed by atoms with van der Waals surface area (Å²) in [5.41, 5.74) is 2.16. The average Bonchev–Trinajstić information content (AvgIpc) is 2.49. The second-order valence-electron chi connectivity index (χ2n) is 4.90. The van der Waals surface area contributed by atoms with Crippen LogP contribution >= 0.6 is 15.9 Å². The molecule has 1 aromatic carbocycles. The monoisotopic (exact) mass is 333 g/mol. The van der Waals surface area contributed by atoms with Crippen LogP contribution in [0, 0.1) is 6.92 Å². The summed E-state index contributed by atoms with van der Waals surface area (Å²) < 4.78 is 6.74. The predicted octanol–water partition coefficient (Wildman–Crippen LogP) is 3.31. The molecule has 0 spiro atoms. The van der Waals surface area contributed by atoms with Crippen LogP contribution in [0.5, 0.6) is 5.75 Å². The van der Waals surface area contributed by atoms with Crippen LogP contribution in [-0.4, -0.2) is 23.6 Å². The molecule has 1 N–H and O–H groups in total. The normalized spacial score (nSPS) is 17.2. The smallest absolute Gasteiger partial charge is 0.144 e. The number of fused-ring (bicyclic) bond motifs is 1. The van der Waals surface area contributed by atoms with Gasteiger partial charge in [0.15, 0.2) is 0 Å². The highest BCUT2D eigenvalue weighted by Crippen LogP contribution is 2.32. The Hall–Kier alpha value is -1.62. The summed E-state index contributed by atoms with van der Waals surface area (Å²) >= 11 is 3.51. The Morgan fingerprint density at radius 3 is 2.90 bits per heavy atom. The lowest BCUT2D eigenvalue weighted by molar-refractivity contribution is 0.257. The van der Waals surface area contributed by atoms with Crippen LogP contribution in [0.1, 0.15) is 23.0 Å². The molecule has 0 aliphatic carbocycles. The molecule has 0 bridgehead atoms. The van der Waals surface area contributed by atoms with E-state index >= 15 is 0 Å². The molecule has 3 rings (SSSR count). The Kier molecular flexibility index (Phi) is 3.61. The van der Waals surface area contributed by atoms with Gasteiger partial charge in [0.05, 0.1) is 22.7 Å². The number of hydrogen-bond acceptors (Lipinski definition) is 4. The highest BCUT2D eigenvalue weighted by Gasteiger charge is 2.24. The highest BCUT2D eigenvalue weighted by atomic mass is 79.9. The van der Waals surface area contributed by atoms with E-state index in [9.17, 15) is 0 Å². The number of aryl methyl sites for hydroxylation is 1. The number of benzene rings is 1. The highest BCUT2D eigenvalue weighted by molar-refractivity contribution is 9.10. The van der Waals surface area contributed by atoms with Gasteiger partial charge in [-0.05, 0) is 40.9 Å². The first kappa shape index (κ1) is 13.4. The van der Waals surface area contributed by atoms with Gasteiger partial charge >= 0.3 is 0 Å². The number of anilines is 1. The van der Waals surface area contributed by atoms with Gasteiger partial charge in [-0.1, -0.05) is 18.2 Å². The van der Waals surface area contributed by atoms with Crippen LogP contribution in [0.3, 0.4) is 0 Å². The van der Waals surface area contributed by atoms with Gasteiger partial charge in [0.2, 0.25) is 0 Å². The van der Waals surface area contributed by atoms with E-state index in [-0.39, 0.29) is 5.92 Å². The minimum absolute atomic E-state index is 0.198. The zero-order chi connectivity index (χ0) is 14.1. The lowest BCUT2D eigenvalue weighted by Crippen LogP contribution is -2.22. The number of rotatable bonds is 2. The first-order valence-electron chi connectivity index (χ1n) is 6.61. The Bertz CT molecular complexity index is 645. The Morgan fingerprint density at radius 2 is 2.10 bits per heavy atom. The molecular formula is C15H16BrN3O. The van der Waals surface area contributed by atoms with Crippen molar-refractivity contribution >= 4 is 21.7 Å². The lowest BCUT2D eigenvalue weighted by Gasteiger charge is -2.24. The summed E-state index contributed by atoms with van der Waals surface area (Å²) in [5.74, 6) is 2.84. The van der Waals surface area contributed by atoms with Gasteiger partial charge in [0.1, 0.15) is 17.4 Å². The van der Waals surface area contributed by atoms with Crippen molar-refractivity contribution in [3.63, 3.8) is 0 Å². The van der Waals surface area contributed by atoms with E-state index in [1.54, 1.807) is 0 Å². The summed E-state index contributed by atoms with van der Waals surface area (Å²) in [6, 6.07) is 8.15. The molecule has 2 heterocycles. The van der Waals surface area contributed by atoms with Crippen LogP contribution in [0.2, 0.25) is 0 Å². The van der Waals surface area contributed by atoms with E-state index < -0.39 is 0 Å². The second kappa shape index (κ2) is 5.40. The molecule has 1 unspecified atom stereocenters. The zero-order valence-corrected chi connectivity index (χ0v) is 13.1. The number of nitrogens with one attached hydrogen (secondary N) is 1. The molecule has 1 atom stereocenters. The van der Waals surface area contributed by atoms with Gasteiger partial charge in [-0.15, -0.1) is 0 Å². The largest absolute Gasteiger partial charge is 0.493 e. The standard InChI is InChI=1S/C15H16BrN3O/c1-9-13(16)15(17-2)19-14(18-9)11-7-10-5-3-4-6-12(10)20-8-11/h3-6,11H,7-8H2,1-2H3,(H,17,18,19). The average molecular weight is 334 g/mol. The number of para-hydroxylation sites is 1. The van der Waals surface area contributed by atoms with Crippen molar-refractivity contribution in [2.75, 3.05) is 19.0 Å². The fourth-order valence-electron chi connectivity index (χ4n) is 2.42. The minimum Gasteiger partial charge on any atom is -0.493 e. The molecule has 0 amide bonds. The zero-order valence-electron chi connectivity index (χ0n) is 11.5. The van der Waals surface area contributed by atoms with Gasteiger partial charge in [0.25, 0.3) is 0 Å². The maximum absolute atomic E-state index is 5.82. The maximum atomic E-state index is 5.82. The topological polar surface area (TPSA) is 47.0 Å². The van der Waals surface area contributed by atoms with Crippen molar-refractivity contribution in [2.24, 2.45) is 0 Å². The number of hydrogen-bond donors (Lipinski definition) is 1. The quantitative estimate of drug-likeness (QED) is 0.915. The molecule has 5 heteroatoms. The summed E-state index contributed by atoms with van der Waals surface area (Å²) in [6.07, 6.45) is 0.917. The van der Waals surface area contributed by atoms with Crippen molar-refractivity contribution in [3.8, 4) is 5.75 Å². The van der Waals surface area contributed by atoms with E-state index in [4.69, 9.17) is 4.74 Å². The predicted molar refractivity (Wildman–Crippen MR) is 82.4 cm³/mol. The third-order valence-corrected chi connectivity index (χ3v) is 4.46. The Balaban J connectivity index is 1.93. The molecule has 1 aromatic heterocycles. The Morgan fingerprint density at radius 1 is 1.30 bits per heavy atom. The molecule has 1 aliphatic rings. The van der Waals surface area contributed by atoms with Crippen molar-refractivity contribution in [3.05, 3.63) is 45.8 Å². The number of ether oxygens (including phenoxy) is 1. The molecule has 2 aromatic rings. The molecule has 1 aliphatic heterocycles. The van der Waals surface area contributed by atoms with Crippen LogP contribution in [0.25, 0.3) is 0 Å². The Labute approximate surface area is 126 Å². The van der Waals surface area contributed by atoms with Gasteiger partial charge in [0, 0.05) is 7.05 Å². The molecule has 104 valence electrons. The van der Waals surface area contributed by atoms with E-state index in [0.717, 1.165) is 34.0 Å².